The molecule has 29 heavy (non-hydrogen) atoms. The summed E-state index contributed by atoms with van der Waals surface area (Å²) in [4.78, 5) is 24.5. The van der Waals surface area contributed by atoms with Crippen LogP contribution in [-0.4, -0.2) is 39.1 Å². The monoisotopic (exact) mass is 398 g/mol. The third-order valence-electron chi connectivity index (χ3n) is 4.53. The molecule has 2 N–H and O–H groups in total. The Morgan fingerprint density at radius 1 is 0.793 bits per heavy atom. The number of rotatable bonds is 10. The van der Waals surface area contributed by atoms with Crippen LogP contribution in [0.3, 0.4) is 0 Å². The molecule has 6 nitrogen and oxygen atoms in total. The van der Waals surface area contributed by atoms with Gasteiger partial charge in [-0.15, -0.1) is 0 Å². The van der Waals surface area contributed by atoms with Gasteiger partial charge in [-0.3, -0.25) is 9.59 Å². The van der Waals surface area contributed by atoms with Gasteiger partial charge < -0.3 is 20.1 Å². The summed E-state index contributed by atoms with van der Waals surface area (Å²) in [6.07, 6.45) is 0.574. The standard InChI is InChI=1S/C23H30N2O4/c1-23(2,15-24-21(26)13-17-7-5-9-19(11-17)28-3)16-25-22(27)14-18-8-6-10-20(12-18)29-4/h5-12H,13-16H2,1-4H3,(H,24,26)(H,25,27). The molecule has 0 spiro atoms. The van der Waals surface area contributed by atoms with Crippen molar-refractivity contribution in [1.29, 1.82) is 0 Å². The Morgan fingerprint density at radius 2 is 1.21 bits per heavy atom. The number of hydrogen-bond acceptors (Lipinski definition) is 4. The number of benzene rings is 2. The van der Waals surface area contributed by atoms with E-state index in [9.17, 15) is 9.59 Å². The van der Waals surface area contributed by atoms with Gasteiger partial charge in [0, 0.05) is 13.1 Å². The second kappa shape index (κ2) is 10.5. The van der Waals surface area contributed by atoms with E-state index < -0.39 is 0 Å². The molecule has 0 unspecified atom stereocenters. The Bertz CT molecular complexity index is 766. The lowest BCUT2D eigenvalue weighted by Crippen LogP contribution is -2.42. The molecule has 0 saturated heterocycles. The number of ether oxygens (including phenoxy) is 2. The Labute approximate surface area is 172 Å². The first-order valence-corrected chi connectivity index (χ1v) is 9.60. The summed E-state index contributed by atoms with van der Waals surface area (Å²) in [5, 5.41) is 5.90. The van der Waals surface area contributed by atoms with Crippen molar-refractivity contribution in [2.24, 2.45) is 5.41 Å². The lowest BCUT2D eigenvalue weighted by atomic mass is 9.93. The number of carbonyl (C=O) groups excluding carboxylic acids is 2. The maximum Gasteiger partial charge on any atom is 0.224 e. The summed E-state index contributed by atoms with van der Waals surface area (Å²) in [6, 6.07) is 14.9. The van der Waals surface area contributed by atoms with Crippen LogP contribution in [0.15, 0.2) is 48.5 Å². The van der Waals surface area contributed by atoms with Crippen molar-refractivity contribution in [3.05, 3.63) is 59.7 Å². The number of hydrogen-bond donors (Lipinski definition) is 2. The number of nitrogens with one attached hydrogen (secondary N) is 2. The van der Waals surface area contributed by atoms with Crippen molar-refractivity contribution in [2.45, 2.75) is 26.7 Å². The molecule has 0 radical (unpaired) electrons. The molecular formula is C23H30N2O4. The Kier molecular flexibility index (Phi) is 8.07. The van der Waals surface area contributed by atoms with Gasteiger partial charge >= 0.3 is 0 Å². The van der Waals surface area contributed by atoms with Crippen molar-refractivity contribution in [2.75, 3.05) is 27.3 Å². The molecule has 0 fully saturated rings. The molecule has 0 aromatic heterocycles. The summed E-state index contributed by atoms with van der Waals surface area (Å²) in [5.74, 6) is 1.34. The fourth-order valence-electron chi connectivity index (χ4n) is 2.80. The topological polar surface area (TPSA) is 76.7 Å². The van der Waals surface area contributed by atoms with Gasteiger partial charge in [0.15, 0.2) is 0 Å². The second-order valence-electron chi connectivity index (χ2n) is 7.77. The molecule has 0 bridgehead atoms. The first-order chi connectivity index (χ1) is 13.8. The third kappa shape index (κ3) is 7.86. The predicted molar refractivity (Wildman–Crippen MR) is 113 cm³/mol. The molecule has 0 atom stereocenters. The largest absolute Gasteiger partial charge is 0.497 e. The first kappa shape index (κ1) is 22.3. The van der Waals surface area contributed by atoms with Gasteiger partial charge in [0.1, 0.15) is 11.5 Å². The van der Waals surface area contributed by atoms with E-state index in [-0.39, 0.29) is 30.1 Å². The minimum Gasteiger partial charge on any atom is -0.497 e. The number of amides is 2. The SMILES string of the molecule is COc1cccc(CC(=O)NCC(C)(C)CNC(=O)Cc2cccc(OC)c2)c1. The van der Waals surface area contributed by atoms with E-state index in [1.54, 1.807) is 14.2 Å². The van der Waals surface area contributed by atoms with Gasteiger partial charge in [-0.1, -0.05) is 38.1 Å². The van der Waals surface area contributed by atoms with Gasteiger partial charge in [-0.2, -0.15) is 0 Å². The summed E-state index contributed by atoms with van der Waals surface area (Å²) in [5.41, 5.74) is 1.52. The summed E-state index contributed by atoms with van der Waals surface area (Å²) in [6.45, 7) is 4.94. The zero-order chi connectivity index (χ0) is 21.3. The van der Waals surface area contributed by atoms with Crippen molar-refractivity contribution < 1.29 is 19.1 Å². The van der Waals surface area contributed by atoms with Gasteiger partial charge in [0.25, 0.3) is 0 Å². The zero-order valence-corrected chi connectivity index (χ0v) is 17.6. The summed E-state index contributed by atoms with van der Waals surface area (Å²) < 4.78 is 10.4. The van der Waals surface area contributed by atoms with E-state index in [0.29, 0.717) is 13.1 Å². The lowest BCUT2D eigenvalue weighted by molar-refractivity contribution is -0.120. The van der Waals surface area contributed by atoms with Crippen molar-refractivity contribution in [3.63, 3.8) is 0 Å². The molecule has 0 aliphatic heterocycles. The van der Waals surface area contributed by atoms with Crippen molar-refractivity contribution >= 4 is 11.8 Å². The Hall–Kier alpha value is -3.02. The second-order valence-corrected chi connectivity index (χ2v) is 7.77. The van der Waals surface area contributed by atoms with Crippen LogP contribution in [0.2, 0.25) is 0 Å². The average molecular weight is 399 g/mol. The minimum atomic E-state index is -0.270. The van der Waals surface area contributed by atoms with Gasteiger partial charge in [0.2, 0.25) is 11.8 Å². The highest BCUT2D eigenvalue weighted by atomic mass is 16.5. The molecule has 2 aromatic carbocycles. The normalized spacial score (nSPS) is 10.9. The maximum atomic E-state index is 12.2. The van der Waals surface area contributed by atoms with Gasteiger partial charge in [0.05, 0.1) is 27.1 Å². The summed E-state index contributed by atoms with van der Waals surface area (Å²) >= 11 is 0. The highest BCUT2D eigenvalue weighted by Gasteiger charge is 2.20. The van der Waals surface area contributed by atoms with E-state index in [4.69, 9.17) is 9.47 Å². The Balaban J connectivity index is 1.76. The highest BCUT2D eigenvalue weighted by Crippen LogP contribution is 2.15. The third-order valence-corrected chi connectivity index (χ3v) is 4.53. The van der Waals surface area contributed by atoms with E-state index in [1.807, 2.05) is 62.4 Å². The van der Waals surface area contributed by atoms with E-state index in [0.717, 1.165) is 22.6 Å². The van der Waals surface area contributed by atoms with Crippen LogP contribution in [0.25, 0.3) is 0 Å². The first-order valence-electron chi connectivity index (χ1n) is 9.60. The molecule has 0 aliphatic rings. The summed E-state index contributed by atoms with van der Waals surface area (Å²) in [7, 11) is 3.20. The van der Waals surface area contributed by atoms with Crippen LogP contribution in [0.5, 0.6) is 11.5 Å². The molecule has 2 amide bonds. The van der Waals surface area contributed by atoms with Crippen molar-refractivity contribution in [1.82, 2.24) is 10.6 Å². The van der Waals surface area contributed by atoms with Crippen LogP contribution in [0.4, 0.5) is 0 Å². The Morgan fingerprint density at radius 3 is 1.59 bits per heavy atom. The lowest BCUT2D eigenvalue weighted by Gasteiger charge is -2.25. The van der Waals surface area contributed by atoms with E-state index in [2.05, 4.69) is 10.6 Å². The van der Waals surface area contributed by atoms with E-state index in [1.165, 1.54) is 0 Å². The highest BCUT2D eigenvalue weighted by molar-refractivity contribution is 5.79. The van der Waals surface area contributed by atoms with Crippen LogP contribution in [0, 0.1) is 5.41 Å². The minimum absolute atomic E-state index is 0.0611. The quantitative estimate of drug-likeness (QED) is 0.645. The van der Waals surface area contributed by atoms with Crippen molar-refractivity contribution in [3.8, 4) is 11.5 Å². The average Bonchev–Trinajstić information content (AvgIpc) is 2.71. The number of carbonyl (C=O) groups is 2. The smallest absolute Gasteiger partial charge is 0.224 e. The van der Waals surface area contributed by atoms with Crippen LogP contribution in [-0.2, 0) is 22.4 Å². The van der Waals surface area contributed by atoms with Crippen LogP contribution < -0.4 is 20.1 Å². The van der Waals surface area contributed by atoms with Gasteiger partial charge in [-0.05, 0) is 40.8 Å². The molecule has 0 heterocycles. The van der Waals surface area contributed by atoms with Crippen LogP contribution in [0.1, 0.15) is 25.0 Å². The molecule has 2 rings (SSSR count). The molecule has 2 aromatic rings. The molecule has 6 heteroatoms. The fraction of sp³-hybridized carbons (Fsp3) is 0.391. The fourth-order valence-corrected chi connectivity index (χ4v) is 2.80. The molecule has 0 saturated carbocycles. The molecular weight excluding hydrogens is 368 g/mol. The number of methoxy groups -OCH3 is 2. The molecule has 0 aliphatic carbocycles. The maximum absolute atomic E-state index is 12.2. The van der Waals surface area contributed by atoms with Gasteiger partial charge in [-0.25, -0.2) is 0 Å². The van der Waals surface area contributed by atoms with E-state index >= 15 is 0 Å². The molecule has 156 valence electrons. The predicted octanol–water partition coefficient (Wildman–Crippen LogP) is 2.75. The zero-order valence-electron chi connectivity index (χ0n) is 17.6. The van der Waals surface area contributed by atoms with Crippen LogP contribution >= 0.6 is 0 Å².